The molecule has 5 heteroatoms. The first-order chi connectivity index (χ1) is 6.20. The molecule has 0 aliphatic carbocycles. The van der Waals surface area contributed by atoms with Gasteiger partial charge in [-0.25, -0.2) is 0 Å². The van der Waals surface area contributed by atoms with Crippen LogP contribution in [0.4, 0.5) is 0 Å². The number of esters is 1. The number of nitrogens with two attached hydrogens (primary N) is 1. The first-order valence-electron chi connectivity index (χ1n) is 4.26. The summed E-state index contributed by atoms with van der Waals surface area (Å²) in [4.78, 5) is 25.3. The maximum atomic E-state index is 10.8. The lowest BCUT2D eigenvalue weighted by Crippen LogP contribution is -2.09. The quantitative estimate of drug-likeness (QED) is 0.374. The second-order valence-corrected chi connectivity index (χ2v) is 2.50. The van der Waals surface area contributed by atoms with Gasteiger partial charge in [0.25, 0.3) is 0 Å². The van der Waals surface area contributed by atoms with E-state index in [0.29, 0.717) is 25.9 Å². The van der Waals surface area contributed by atoms with E-state index >= 15 is 0 Å². The van der Waals surface area contributed by atoms with Crippen LogP contribution in [0.1, 0.15) is 32.6 Å². The SMILES string of the molecule is CCOC(=O)CCCCC(=O)ON. The van der Waals surface area contributed by atoms with Crippen LogP contribution in [-0.4, -0.2) is 18.5 Å². The van der Waals surface area contributed by atoms with E-state index in [1.54, 1.807) is 6.92 Å². The van der Waals surface area contributed by atoms with Crippen LogP contribution in [0.25, 0.3) is 0 Å². The fraction of sp³-hybridized carbons (Fsp3) is 0.750. The molecule has 0 aromatic heterocycles. The van der Waals surface area contributed by atoms with Crippen LogP contribution in [0.15, 0.2) is 0 Å². The first kappa shape index (κ1) is 11.9. The zero-order chi connectivity index (χ0) is 10.1. The Kier molecular flexibility index (Phi) is 6.91. The summed E-state index contributed by atoms with van der Waals surface area (Å²) in [6, 6.07) is 0. The van der Waals surface area contributed by atoms with Crippen molar-refractivity contribution >= 4 is 11.9 Å². The van der Waals surface area contributed by atoms with Crippen LogP contribution in [0.2, 0.25) is 0 Å². The molecule has 0 bridgehead atoms. The molecule has 76 valence electrons. The lowest BCUT2D eigenvalue weighted by molar-refractivity contribution is -0.146. The Labute approximate surface area is 77.1 Å². The monoisotopic (exact) mass is 189 g/mol. The van der Waals surface area contributed by atoms with E-state index in [4.69, 9.17) is 4.74 Å². The van der Waals surface area contributed by atoms with Crippen molar-refractivity contribution in [3.63, 3.8) is 0 Å². The maximum absolute atomic E-state index is 10.8. The highest BCUT2D eigenvalue weighted by atomic mass is 16.7. The van der Waals surface area contributed by atoms with E-state index in [2.05, 4.69) is 10.7 Å². The van der Waals surface area contributed by atoms with Crippen LogP contribution in [0, 0.1) is 0 Å². The van der Waals surface area contributed by atoms with Gasteiger partial charge in [-0.3, -0.25) is 9.59 Å². The van der Waals surface area contributed by atoms with E-state index in [9.17, 15) is 9.59 Å². The fourth-order valence-corrected chi connectivity index (χ4v) is 0.831. The van der Waals surface area contributed by atoms with Crippen molar-refractivity contribution in [2.45, 2.75) is 32.6 Å². The predicted octanol–water partition coefficient (Wildman–Crippen LogP) is 0.527. The zero-order valence-electron chi connectivity index (χ0n) is 7.75. The summed E-state index contributed by atoms with van der Waals surface area (Å²) in [5.41, 5.74) is 0. The summed E-state index contributed by atoms with van der Waals surface area (Å²) >= 11 is 0. The number of carbonyl (C=O) groups is 2. The molecule has 0 aromatic rings. The van der Waals surface area contributed by atoms with Gasteiger partial charge < -0.3 is 9.57 Å². The van der Waals surface area contributed by atoms with Gasteiger partial charge in [0.1, 0.15) is 0 Å². The Hall–Kier alpha value is -1.10. The molecular weight excluding hydrogens is 174 g/mol. The number of ether oxygens (including phenoxy) is 1. The third kappa shape index (κ3) is 7.27. The number of hydrogen-bond donors (Lipinski definition) is 1. The molecule has 0 amide bonds. The van der Waals surface area contributed by atoms with Crippen LogP contribution >= 0.6 is 0 Å². The predicted molar refractivity (Wildman–Crippen MR) is 45.4 cm³/mol. The van der Waals surface area contributed by atoms with Gasteiger partial charge in [0.2, 0.25) is 0 Å². The van der Waals surface area contributed by atoms with E-state index < -0.39 is 5.97 Å². The van der Waals surface area contributed by atoms with E-state index in [1.807, 2.05) is 0 Å². The van der Waals surface area contributed by atoms with Crippen molar-refractivity contribution < 1.29 is 19.2 Å². The van der Waals surface area contributed by atoms with E-state index in [0.717, 1.165) is 0 Å². The van der Waals surface area contributed by atoms with Crippen LogP contribution < -0.4 is 5.90 Å². The third-order valence-corrected chi connectivity index (χ3v) is 1.45. The summed E-state index contributed by atoms with van der Waals surface area (Å²) in [6.45, 7) is 2.15. The average molecular weight is 189 g/mol. The summed E-state index contributed by atoms with van der Waals surface area (Å²) in [7, 11) is 0. The van der Waals surface area contributed by atoms with Gasteiger partial charge in [0, 0.05) is 12.8 Å². The summed E-state index contributed by atoms with van der Waals surface area (Å²) in [6.07, 6.45) is 1.80. The van der Waals surface area contributed by atoms with Crippen molar-refractivity contribution in [2.75, 3.05) is 6.61 Å². The van der Waals surface area contributed by atoms with Gasteiger partial charge in [-0.05, 0) is 19.8 Å². The standard InChI is InChI=1S/C8H15NO4/c1-2-12-7(10)5-3-4-6-8(11)13-9/h2-6,9H2,1H3. The average Bonchev–Trinajstić information content (AvgIpc) is 2.12. The van der Waals surface area contributed by atoms with Gasteiger partial charge >= 0.3 is 11.9 Å². The molecule has 13 heavy (non-hydrogen) atoms. The Morgan fingerprint density at radius 3 is 2.15 bits per heavy atom. The molecule has 0 spiro atoms. The van der Waals surface area contributed by atoms with Gasteiger partial charge in [-0.2, -0.15) is 5.90 Å². The van der Waals surface area contributed by atoms with Crippen molar-refractivity contribution in [3.8, 4) is 0 Å². The molecule has 0 unspecified atom stereocenters. The molecule has 0 atom stereocenters. The number of hydrogen-bond acceptors (Lipinski definition) is 5. The summed E-state index contributed by atoms with van der Waals surface area (Å²) in [5.74, 6) is 3.93. The Bertz CT molecular complexity index is 170. The third-order valence-electron chi connectivity index (χ3n) is 1.45. The summed E-state index contributed by atoms with van der Waals surface area (Å²) < 4.78 is 4.70. The highest BCUT2D eigenvalue weighted by molar-refractivity contribution is 5.70. The zero-order valence-corrected chi connectivity index (χ0v) is 7.75. The lowest BCUT2D eigenvalue weighted by Gasteiger charge is -2.00. The second-order valence-electron chi connectivity index (χ2n) is 2.50. The lowest BCUT2D eigenvalue weighted by atomic mass is 10.2. The Balaban J connectivity index is 3.25. The Morgan fingerprint density at radius 1 is 1.15 bits per heavy atom. The molecule has 0 aliphatic heterocycles. The smallest absolute Gasteiger partial charge is 0.324 e. The number of unbranched alkanes of at least 4 members (excludes halogenated alkanes) is 1. The van der Waals surface area contributed by atoms with Crippen LogP contribution in [0.3, 0.4) is 0 Å². The molecule has 0 rings (SSSR count). The minimum absolute atomic E-state index is 0.233. The molecule has 0 saturated carbocycles. The van der Waals surface area contributed by atoms with E-state index in [1.165, 1.54) is 0 Å². The normalized spacial score (nSPS) is 9.38. The second kappa shape index (κ2) is 7.54. The van der Waals surface area contributed by atoms with Crippen molar-refractivity contribution in [1.82, 2.24) is 0 Å². The fourth-order valence-electron chi connectivity index (χ4n) is 0.831. The van der Waals surface area contributed by atoms with Crippen molar-refractivity contribution in [1.29, 1.82) is 0 Å². The molecule has 0 aliphatic rings. The molecule has 0 aromatic carbocycles. The van der Waals surface area contributed by atoms with Crippen LogP contribution in [0.5, 0.6) is 0 Å². The molecule has 2 N–H and O–H groups in total. The first-order valence-corrected chi connectivity index (χ1v) is 4.26. The Morgan fingerprint density at radius 2 is 1.69 bits per heavy atom. The molecule has 0 saturated heterocycles. The minimum atomic E-state index is -0.455. The molecular formula is C8H15NO4. The van der Waals surface area contributed by atoms with Crippen molar-refractivity contribution in [2.24, 2.45) is 5.90 Å². The van der Waals surface area contributed by atoms with E-state index in [-0.39, 0.29) is 12.4 Å². The molecule has 0 fully saturated rings. The number of carbonyl (C=O) groups excluding carboxylic acids is 2. The molecule has 0 heterocycles. The van der Waals surface area contributed by atoms with Gasteiger partial charge in [-0.15, -0.1) is 0 Å². The topological polar surface area (TPSA) is 78.6 Å². The molecule has 0 radical (unpaired) electrons. The molecule has 5 nitrogen and oxygen atoms in total. The minimum Gasteiger partial charge on any atom is -0.466 e. The maximum Gasteiger partial charge on any atom is 0.324 e. The highest BCUT2D eigenvalue weighted by Crippen LogP contribution is 2.01. The highest BCUT2D eigenvalue weighted by Gasteiger charge is 2.03. The summed E-state index contributed by atoms with van der Waals surface area (Å²) in [5, 5.41) is 0. The van der Waals surface area contributed by atoms with Crippen LogP contribution in [-0.2, 0) is 19.2 Å². The van der Waals surface area contributed by atoms with Crippen molar-refractivity contribution in [3.05, 3.63) is 0 Å². The van der Waals surface area contributed by atoms with Gasteiger partial charge in [-0.1, -0.05) is 0 Å². The number of rotatable bonds is 6. The van der Waals surface area contributed by atoms with Gasteiger partial charge in [0.15, 0.2) is 0 Å². The van der Waals surface area contributed by atoms with Gasteiger partial charge in [0.05, 0.1) is 6.61 Å². The largest absolute Gasteiger partial charge is 0.466 e.